The summed E-state index contributed by atoms with van der Waals surface area (Å²) in [5, 5.41) is 0. The van der Waals surface area contributed by atoms with Crippen LogP contribution in [-0.4, -0.2) is 48.4 Å². The van der Waals surface area contributed by atoms with E-state index in [4.69, 9.17) is 0 Å². The summed E-state index contributed by atoms with van der Waals surface area (Å²) < 4.78 is 13.2. The molecule has 2 rings (SSSR count). The van der Waals surface area contributed by atoms with Crippen LogP contribution < -0.4 is 0 Å². The van der Waals surface area contributed by atoms with Crippen molar-refractivity contribution < 1.29 is 9.18 Å². The fourth-order valence-corrected chi connectivity index (χ4v) is 3.28. The maximum atomic E-state index is 13.2. The molecule has 0 aromatic heterocycles. The Balaban J connectivity index is 1.81. The van der Waals surface area contributed by atoms with Crippen LogP contribution in [0.3, 0.4) is 0 Å². The van der Waals surface area contributed by atoms with Crippen molar-refractivity contribution in [3.05, 3.63) is 35.6 Å². The highest BCUT2D eigenvalue weighted by Crippen LogP contribution is 2.18. The number of likely N-dealkylation sites (tertiary alicyclic amines) is 1. The zero-order chi connectivity index (χ0) is 15.9. The van der Waals surface area contributed by atoms with Crippen LogP contribution in [0.15, 0.2) is 24.3 Å². The summed E-state index contributed by atoms with van der Waals surface area (Å²) in [6.45, 7) is 8.45. The smallest absolute Gasteiger partial charge is 0.219 e. The number of nitrogens with zero attached hydrogens (tertiary/aromatic N) is 2. The van der Waals surface area contributed by atoms with Gasteiger partial charge in [-0.1, -0.05) is 12.1 Å². The van der Waals surface area contributed by atoms with Crippen molar-refractivity contribution in [2.24, 2.45) is 5.92 Å². The van der Waals surface area contributed by atoms with E-state index in [9.17, 15) is 9.18 Å². The van der Waals surface area contributed by atoms with Gasteiger partial charge in [-0.05, 0) is 56.3 Å². The lowest BCUT2D eigenvalue weighted by molar-refractivity contribution is -0.129. The Morgan fingerprint density at radius 1 is 1.45 bits per heavy atom. The summed E-state index contributed by atoms with van der Waals surface area (Å²) in [5.74, 6) is 0.568. The van der Waals surface area contributed by atoms with Gasteiger partial charge >= 0.3 is 0 Å². The van der Waals surface area contributed by atoms with E-state index in [1.807, 2.05) is 17.9 Å². The summed E-state index contributed by atoms with van der Waals surface area (Å²) in [5.41, 5.74) is 1.06. The van der Waals surface area contributed by atoms with Crippen LogP contribution in [-0.2, 0) is 11.2 Å². The topological polar surface area (TPSA) is 23.6 Å². The molecular formula is C18H27FN2O. The summed E-state index contributed by atoms with van der Waals surface area (Å²) in [7, 11) is 0. The van der Waals surface area contributed by atoms with Crippen molar-refractivity contribution >= 4 is 5.91 Å². The lowest BCUT2D eigenvalue weighted by Gasteiger charge is -2.35. The first-order valence-corrected chi connectivity index (χ1v) is 8.30. The maximum absolute atomic E-state index is 13.2. The minimum absolute atomic E-state index is 0.158. The number of carbonyl (C=O) groups excluding carboxylic acids is 1. The quantitative estimate of drug-likeness (QED) is 0.807. The second-order valence-electron chi connectivity index (χ2n) is 6.25. The number of carbonyl (C=O) groups is 1. The molecule has 1 fully saturated rings. The zero-order valence-electron chi connectivity index (χ0n) is 13.7. The fourth-order valence-electron chi connectivity index (χ4n) is 3.28. The molecule has 0 N–H and O–H groups in total. The molecule has 0 spiro atoms. The van der Waals surface area contributed by atoms with Crippen LogP contribution in [0.4, 0.5) is 4.39 Å². The number of hydrogen-bond acceptors (Lipinski definition) is 2. The van der Waals surface area contributed by atoms with E-state index < -0.39 is 0 Å². The average Bonchev–Trinajstić information content (AvgIpc) is 2.51. The summed E-state index contributed by atoms with van der Waals surface area (Å²) in [6, 6.07) is 6.87. The molecule has 0 aliphatic carbocycles. The van der Waals surface area contributed by atoms with Gasteiger partial charge in [-0.2, -0.15) is 0 Å². The Labute approximate surface area is 133 Å². The van der Waals surface area contributed by atoms with Gasteiger partial charge in [0, 0.05) is 33.1 Å². The predicted octanol–water partition coefficient (Wildman–Crippen LogP) is 2.95. The number of amides is 1. The van der Waals surface area contributed by atoms with Crippen molar-refractivity contribution in [3.63, 3.8) is 0 Å². The van der Waals surface area contributed by atoms with Gasteiger partial charge in [0.25, 0.3) is 0 Å². The molecule has 1 heterocycles. The molecule has 122 valence electrons. The summed E-state index contributed by atoms with van der Waals surface area (Å²) in [6.07, 6.45) is 3.26. The Morgan fingerprint density at radius 2 is 2.27 bits per heavy atom. The molecule has 0 bridgehead atoms. The molecule has 1 saturated heterocycles. The second kappa shape index (κ2) is 8.28. The van der Waals surface area contributed by atoms with Gasteiger partial charge in [0.15, 0.2) is 0 Å². The minimum Gasteiger partial charge on any atom is -0.343 e. The molecule has 0 radical (unpaired) electrons. The molecule has 4 heteroatoms. The lowest BCUT2D eigenvalue weighted by Crippen LogP contribution is -2.42. The third-order valence-corrected chi connectivity index (χ3v) is 4.51. The van der Waals surface area contributed by atoms with Gasteiger partial charge in [-0.15, -0.1) is 0 Å². The van der Waals surface area contributed by atoms with Crippen LogP contribution in [0.5, 0.6) is 0 Å². The van der Waals surface area contributed by atoms with Crippen molar-refractivity contribution in [2.45, 2.75) is 33.1 Å². The largest absolute Gasteiger partial charge is 0.343 e. The van der Waals surface area contributed by atoms with Crippen molar-refractivity contribution in [1.82, 2.24) is 9.80 Å². The van der Waals surface area contributed by atoms with E-state index in [0.717, 1.165) is 44.7 Å². The van der Waals surface area contributed by atoms with Crippen molar-refractivity contribution in [1.29, 1.82) is 0 Å². The Kier molecular flexibility index (Phi) is 6.37. The van der Waals surface area contributed by atoms with Gasteiger partial charge in [0.2, 0.25) is 5.91 Å². The third kappa shape index (κ3) is 5.09. The molecule has 0 saturated carbocycles. The molecular weight excluding hydrogens is 279 g/mol. The Bertz CT molecular complexity index is 492. The summed E-state index contributed by atoms with van der Waals surface area (Å²) >= 11 is 0. The van der Waals surface area contributed by atoms with E-state index in [2.05, 4.69) is 4.90 Å². The predicted molar refractivity (Wildman–Crippen MR) is 87.2 cm³/mol. The molecule has 1 aliphatic rings. The van der Waals surface area contributed by atoms with E-state index in [1.165, 1.54) is 18.9 Å². The molecule has 3 nitrogen and oxygen atoms in total. The molecule has 1 atom stereocenters. The van der Waals surface area contributed by atoms with Gasteiger partial charge in [0.1, 0.15) is 5.82 Å². The van der Waals surface area contributed by atoms with Gasteiger partial charge in [-0.3, -0.25) is 4.79 Å². The van der Waals surface area contributed by atoms with Crippen molar-refractivity contribution in [2.75, 3.05) is 32.7 Å². The standard InChI is InChI=1S/C18H27FN2O/c1-3-21(15(2)22)14-17-7-5-10-20(13-17)11-9-16-6-4-8-18(19)12-16/h4,6,8,12,17H,3,5,7,9-11,13-14H2,1-2H3/t17-/m1/s1. The minimum atomic E-state index is -0.158. The highest BCUT2D eigenvalue weighted by atomic mass is 19.1. The van der Waals surface area contributed by atoms with Crippen LogP contribution >= 0.6 is 0 Å². The van der Waals surface area contributed by atoms with E-state index in [1.54, 1.807) is 19.1 Å². The van der Waals surface area contributed by atoms with Crippen LogP contribution in [0.2, 0.25) is 0 Å². The number of halogens is 1. The first-order chi connectivity index (χ1) is 10.6. The van der Waals surface area contributed by atoms with Crippen molar-refractivity contribution in [3.8, 4) is 0 Å². The molecule has 1 aromatic carbocycles. The monoisotopic (exact) mass is 306 g/mol. The lowest BCUT2D eigenvalue weighted by atomic mass is 9.97. The first-order valence-electron chi connectivity index (χ1n) is 8.30. The molecule has 1 aromatic rings. The van der Waals surface area contributed by atoms with E-state index >= 15 is 0 Å². The molecule has 22 heavy (non-hydrogen) atoms. The number of hydrogen-bond donors (Lipinski definition) is 0. The number of rotatable bonds is 6. The van der Waals surface area contributed by atoms with Crippen LogP contribution in [0.1, 0.15) is 32.3 Å². The number of benzene rings is 1. The normalized spacial score (nSPS) is 19.1. The van der Waals surface area contributed by atoms with Crippen LogP contribution in [0.25, 0.3) is 0 Å². The molecule has 1 aliphatic heterocycles. The number of piperidine rings is 1. The van der Waals surface area contributed by atoms with Gasteiger partial charge < -0.3 is 9.80 Å². The third-order valence-electron chi connectivity index (χ3n) is 4.51. The Hall–Kier alpha value is -1.42. The fraction of sp³-hybridized carbons (Fsp3) is 0.611. The molecule has 0 unspecified atom stereocenters. The Morgan fingerprint density at radius 3 is 2.95 bits per heavy atom. The average molecular weight is 306 g/mol. The second-order valence-corrected chi connectivity index (χ2v) is 6.25. The van der Waals surface area contributed by atoms with Gasteiger partial charge in [0.05, 0.1) is 0 Å². The SMILES string of the molecule is CCN(C[C@@H]1CCCN(CCc2cccc(F)c2)C1)C(C)=O. The summed E-state index contributed by atoms with van der Waals surface area (Å²) in [4.78, 5) is 15.9. The highest BCUT2D eigenvalue weighted by Gasteiger charge is 2.22. The van der Waals surface area contributed by atoms with E-state index in [0.29, 0.717) is 5.92 Å². The first kappa shape index (κ1) is 16.9. The van der Waals surface area contributed by atoms with Crippen LogP contribution in [0, 0.1) is 11.7 Å². The maximum Gasteiger partial charge on any atom is 0.219 e. The van der Waals surface area contributed by atoms with Gasteiger partial charge in [-0.25, -0.2) is 4.39 Å². The zero-order valence-corrected chi connectivity index (χ0v) is 13.7. The highest BCUT2D eigenvalue weighted by molar-refractivity contribution is 5.73. The van der Waals surface area contributed by atoms with E-state index in [-0.39, 0.29) is 11.7 Å². The molecule has 1 amide bonds.